The highest BCUT2D eigenvalue weighted by atomic mass is 16.7. The molecule has 4 saturated heterocycles. The van der Waals surface area contributed by atoms with E-state index in [2.05, 4.69) is 39.8 Å². The number of morpholine rings is 1. The molecular weight excluding hydrogens is 330 g/mol. The predicted molar refractivity (Wildman–Crippen MR) is 101 cm³/mol. The smallest absolute Gasteiger partial charge is 0.146 e. The fourth-order valence-corrected chi connectivity index (χ4v) is 5.10. The van der Waals surface area contributed by atoms with Gasteiger partial charge in [0.25, 0.3) is 0 Å². The second-order valence-electron chi connectivity index (χ2n) is 8.80. The second-order valence-corrected chi connectivity index (χ2v) is 8.80. The Bertz CT molecular complexity index is 446. The summed E-state index contributed by atoms with van der Waals surface area (Å²) in [6.45, 7) is 11.9. The fourth-order valence-electron chi connectivity index (χ4n) is 5.10. The minimum Gasteiger partial charge on any atom is -0.379 e. The first kappa shape index (κ1) is 19.1. The first-order valence-corrected chi connectivity index (χ1v) is 10.7. The van der Waals surface area contributed by atoms with E-state index in [9.17, 15) is 0 Å². The van der Waals surface area contributed by atoms with Gasteiger partial charge in [0.1, 0.15) is 6.23 Å². The molecule has 0 saturated carbocycles. The van der Waals surface area contributed by atoms with Gasteiger partial charge in [-0.25, -0.2) is 0 Å². The van der Waals surface area contributed by atoms with E-state index in [0.717, 1.165) is 32.8 Å². The molecule has 5 unspecified atom stereocenters. The Hall–Kier alpha value is -0.280. The summed E-state index contributed by atoms with van der Waals surface area (Å²) in [4.78, 5) is 11.2. The van der Waals surface area contributed by atoms with Crippen LogP contribution < -0.4 is 16.1 Å². The SMILES string of the molecule is CC(C)CN1CCCC1C1NC(C2CCNC(N3CCOCC3)C2)NO1. The third-order valence-corrected chi connectivity index (χ3v) is 6.41. The van der Waals surface area contributed by atoms with Crippen LogP contribution in [0, 0.1) is 11.8 Å². The lowest BCUT2D eigenvalue weighted by molar-refractivity contribution is -0.0293. The van der Waals surface area contributed by atoms with Crippen molar-refractivity contribution >= 4 is 0 Å². The van der Waals surface area contributed by atoms with Crippen molar-refractivity contribution in [2.75, 3.05) is 45.9 Å². The van der Waals surface area contributed by atoms with Crippen LogP contribution in [0.2, 0.25) is 0 Å². The number of nitrogens with one attached hydrogen (secondary N) is 3. The predicted octanol–water partition coefficient (Wildman–Crippen LogP) is 0.541. The van der Waals surface area contributed by atoms with Crippen molar-refractivity contribution in [3.8, 4) is 0 Å². The molecule has 4 heterocycles. The summed E-state index contributed by atoms with van der Waals surface area (Å²) >= 11 is 0. The molecule has 4 fully saturated rings. The van der Waals surface area contributed by atoms with E-state index in [0.29, 0.717) is 24.0 Å². The number of nitrogens with zero attached hydrogens (tertiary/aromatic N) is 2. The number of piperidine rings is 1. The molecule has 0 amide bonds. The van der Waals surface area contributed by atoms with Gasteiger partial charge in [-0.3, -0.25) is 20.0 Å². The van der Waals surface area contributed by atoms with E-state index < -0.39 is 0 Å². The van der Waals surface area contributed by atoms with Crippen LogP contribution in [0.4, 0.5) is 0 Å². The molecular formula is C19H37N5O2. The van der Waals surface area contributed by atoms with Crippen molar-refractivity contribution < 1.29 is 9.57 Å². The van der Waals surface area contributed by atoms with Crippen LogP contribution in [0.1, 0.15) is 39.5 Å². The number of ether oxygens (including phenoxy) is 1. The molecule has 7 heteroatoms. The van der Waals surface area contributed by atoms with Gasteiger partial charge < -0.3 is 10.1 Å². The lowest BCUT2D eigenvalue weighted by Crippen LogP contribution is -2.57. The fraction of sp³-hybridized carbons (Fsp3) is 1.00. The van der Waals surface area contributed by atoms with E-state index in [1.165, 1.54) is 38.8 Å². The van der Waals surface area contributed by atoms with E-state index >= 15 is 0 Å². The van der Waals surface area contributed by atoms with Crippen LogP contribution in [0.3, 0.4) is 0 Å². The maximum absolute atomic E-state index is 6.04. The molecule has 26 heavy (non-hydrogen) atoms. The van der Waals surface area contributed by atoms with Crippen molar-refractivity contribution in [1.29, 1.82) is 0 Å². The molecule has 0 radical (unpaired) electrons. The molecule has 0 aromatic heterocycles. The van der Waals surface area contributed by atoms with Crippen molar-refractivity contribution in [3.05, 3.63) is 0 Å². The first-order valence-electron chi connectivity index (χ1n) is 10.7. The molecule has 0 aliphatic carbocycles. The molecule has 4 rings (SSSR count). The Kier molecular flexibility index (Phi) is 6.46. The van der Waals surface area contributed by atoms with Gasteiger partial charge in [-0.2, -0.15) is 5.48 Å². The zero-order chi connectivity index (χ0) is 17.9. The van der Waals surface area contributed by atoms with Gasteiger partial charge in [0.05, 0.1) is 31.6 Å². The lowest BCUT2D eigenvalue weighted by Gasteiger charge is -2.41. The first-order chi connectivity index (χ1) is 12.7. The van der Waals surface area contributed by atoms with Crippen LogP contribution in [0.25, 0.3) is 0 Å². The average molecular weight is 368 g/mol. The van der Waals surface area contributed by atoms with Crippen LogP contribution in [-0.2, 0) is 9.57 Å². The Labute approximate surface area is 158 Å². The van der Waals surface area contributed by atoms with Gasteiger partial charge in [0.15, 0.2) is 0 Å². The summed E-state index contributed by atoms with van der Waals surface area (Å²) in [5.41, 5.74) is 3.34. The lowest BCUT2D eigenvalue weighted by atomic mass is 9.92. The normalized spacial score (nSPS) is 40.5. The highest BCUT2D eigenvalue weighted by Gasteiger charge is 2.41. The Morgan fingerprint density at radius 1 is 1.12 bits per heavy atom. The monoisotopic (exact) mass is 367 g/mol. The molecule has 0 spiro atoms. The van der Waals surface area contributed by atoms with Crippen LogP contribution in [-0.4, -0.2) is 80.3 Å². The van der Waals surface area contributed by atoms with E-state index in [1.807, 2.05) is 0 Å². The molecule has 4 aliphatic heterocycles. The maximum atomic E-state index is 6.04. The molecule has 0 bridgehead atoms. The molecule has 5 atom stereocenters. The quantitative estimate of drug-likeness (QED) is 0.656. The van der Waals surface area contributed by atoms with E-state index in [-0.39, 0.29) is 12.4 Å². The zero-order valence-electron chi connectivity index (χ0n) is 16.5. The topological polar surface area (TPSA) is 61.0 Å². The van der Waals surface area contributed by atoms with Gasteiger partial charge in [0.2, 0.25) is 0 Å². The number of rotatable bonds is 5. The number of hydrogen-bond donors (Lipinski definition) is 3. The summed E-state index contributed by atoms with van der Waals surface area (Å²) in [6, 6.07) is 0.506. The highest BCUT2D eigenvalue weighted by Crippen LogP contribution is 2.28. The van der Waals surface area contributed by atoms with Gasteiger partial charge >= 0.3 is 0 Å². The number of hydroxylamine groups is 1. The standard InChI is InChI=1S/C19H37N5O2/c1-14(2)13-24-7-3-4-16(24)19-21-18(22-26-19)15-5-6-20-17(12-15)23-8-10-25-11-9-23/h14-22H,3-13H2,1-2H3. The average Bonchev–Trinajstić information content (AvgIpc) is 3.31. The zero-order valence-corrected chi connectivity index (χ0v) is 16.5. The number of likely N-dealkylation sites (tertiary alicyclic amines) is 1. The Morgan fingerprint density at radius 2 is 1.96 bits per heavy atom. The minimum absolute atomic E-state index is 0.123. The Morgan fingerprint density at radius 3 is 2.77 bits per heavy atom. The van der Waals surface area contributed by atoms with E-state index in [4.69, 9.17) is 9.57 Å². The largest absolute Gasteiger partial charge is 0.379 e. The van der Waals surface area contributed by atoms with Crippen LogP contribution in [0.15, 0.2) is 0 Å². The third kappa shape index (κ3) is 4.41. The molecule has 0 aromatic carbocycles. The molecule has 3 N–H and O–H groups in total. The van der Waals surface area contributed by atoms with Crippen molar-refractivity contribution in [2.24, 2.45) is 11.8 Å². The molecule has 4 aliphatic rings. The van der Waals surface area contributed by atoms with Crippen LogP contribution >= 0.6 is 0 Å². The summed E-state index contributed by atoms with van der Waals surface area (Å²) in [6.07, 6.45) is 5.76. The Balaban J connectivity index is 1.30. The van der Waals surface area contributed by atoms with Crippen molar-refractivity contribution in [3.63, 3.8) is 0 Å². The maximum Gasteiger partial charge on any atom is 0.146 e. The number of hydrogen-bond acceptors (Lipinski definition) is 7. The van der Waals surface area contributed by atoms with Crippen LogP contribution in [0.5, 0.6) is 0 Å². The molecule has 150 valence electrons. The second kappa shape index (κ2) is 8.82. The summed E-state index contributed by atoms with van der Waals surface area (Å²) < 4.78 is 5.51. The summed E-state index contributed by atoms with van der Waals surface area (Å²) in [7, 11) is 0. The van der Waals surface area contributed by atoms with E-state index in [1.54, 1.807) is 0 Å². The molecule has 7 nitrogen and oxygen atoms in total. The van der Waals surface area contributed by atoms with Gasteiger partial charge in [-0.05, 0) is 50.6 Å². The van der Waals surface area contributed by atoms with Gasteiger partial charge in [0, 0.05) is 19.6 Å². The van der Waals surface area contributed by atoms with Crippen molar-refractivity contribution in [1.82, 2.24) is 25.9 Å². The van der Waals surface area contributed by atoms with Gasteiger partial charge in [-0.15, -0.1) is 0 Å². The molecule has 0 aromatic rings. The summed E-state index contributed by atoms with van der Waals surface area (Å²) in [5.74, 6) is 1.31. The van der Waals surface area contributed by atoms with Gasteiger partial charge in [-0.1, -0.05) is 13.8 Å². The minimum atomic E-state index is 0.123. The highest BCUT2D eigenvalue weighted by molar-refractivity contribution is 4.92. The third-order valence-electron chi connectivity index (χ3n) is 6.41. The summed E-state index contributed by atoms with van der Waals surface area (Å²) in [5, 5.41) is 7.49. The van der Waals surface area contributed by atoms with Crippen molar-refractivity contribution in [2.45, 2.75) is 64.1 Å².